The molecule has 0 spiro atoms. The van der Waals surface area contributed by atoms with Gasteiger partial charge in [-0.15, -0.1) is 0 Å². The number of nitrogens with one attached hydrogen (secondary N) is 1. The van der Waals surface area contributed by atoms with Crippen molar-refractivity contribution in [1.82, 2.24) is 10.2 Å². The average molecular weight is 716 g/mol. The normalized spacial score (nSPS) is 12.5. The highest BCUT2D eigenvalue weighted by atomic mass is 127. The standard InChI is InChI=1S/C29H32Cl2IN3O4S/c1-5-26(28(37)33-29(2,3)4)34(18-23-24(30)12-9-13-25(23)31)27(36)19-35(21-16-14-20(32)15-17-21)40(38,39)22-10-7-6-8-11-22/h6-17,26H,5,18-19H2,1-4H3,(H,33,37). The minimum atomic E-state index is -4.14. The number of amides is 2. The second-order valence-corrected chi connectivity index (χ2v) is 14.1. The van der Waals surface area contributed by atoms with Crippen LogP contribution in [0.5, 0.6) is 0 Å². The van der Waals surface area contributed by atoms with Crippen molar-refractivity contribution < 1.29 is 18.0 Å². The molecule has 3 aromatic rings. The van der Waals surface area contributed by atoms with Crippen molar-refractivity contribution in [2.45, 2.75) is 57.1 Å². The van der Waals surface area contributed by atoms with Crippen molar-refractivity contribution in [3.63, 3.8) is 0 Å². The van der Waals surface area contributed by atoms with Gasteiger partial charge in [0.2, 0.25) is 11.8 Å². The molecule has 0 saturated carbocycles. The van der Waals surface area contributed by atoms with Crippen molar-refractivity contribution in [3.8, 4) is 0 Å². The van der Waals surface area contributed by atoms with Gasteiger partial charge in [-0.25, -0.2) is 8.42 Å². The first-order valence-corrected chi connectivity index (χ1v) is 15.9. The maximum absolute atomic E-state index is 14.1. The molecule has 0 fully saturated rings. The van der Waals surface area contributed by atoms with E-state index in [1.807, 2.05) is 20.8 Å². The van der Waals surface area contributed by atoms with Gasteiger partial charge >= 0.3 is 0 Å². The molecule has 214 valence electrons. The molecule has 3 aromatic carbocycles. The number of halogens is 3. The van der Waals surface area contributed by atoms with Gasteiger partial charge in [0.1, 0.15) is 12.6 Å². The summed E-state index contributed by atoms with van der Waals surface area (Å²) in [6.07, 6.45) is 0.282. The van der Waals surface area contributed by atoms with Crippen LogP contribution in [0.2, 0.25) is 10.0 Å². The summed E-state index contributed by atoms with van der Waals surface area (Å²) in [7, 11) is -4.14. The molecule has 2 amide bonds. The van der Waals surface area contributed by atoms with Crippen LogP contribution in [-0.2, 0) is 26.2 Å². The van der Waals surface area contributed by atoms with E-state index in [9.17, 15) is 18.0 Å². The van der Waals surface area contributed by atoms with Crippen molar-refractivity contribution >= 4 is 73.3 Å². The van der Waals surface area contributed by atoms with Crippen LogP contribution in [-0.4, -0.2) is 43.3 Å². The van der Waals surface area contributed by atoms with Gasteiger partial charge in [-0.3, -0.25) is 13.9 Å². The number of anilines is 1. The molecule has 7 nitrogen and oxygen atoms in total. The summed E-state index contributed by atoms with van der Waals surface area (Å²) in [6.45, 7) is 6.70. The summed E-state index contributed by atoms with van der Waals surface area (Å²) >= 11 is 15.0. The van der Waals surface area contributed by atoms with Gasteiger partial charge in [-0.05, 0) is 98.3 Å². The number of hydrogen-bond donors (Lipinski definition) is 1. The molecule has 0 aromatic heterocycles. The molecule has 11 heteroatoms. The van der Waals surface area contributed by atoms with E-state index in [1.54, 1.807) is 67.6 Å². The molecular formula is C29H32Cl2IN3O4S. The lowest BCUT2D eigenvalue weighted by Crippen LogP contribution is -2.55. The third kappa shape index (κ3) is 8.11. The van der Waals surface area contributed by atoms with Gasteiger partial charge in [0, 0.05) is 31.3 Å². The average Bonchev–Trinajstić information content (AvgIpc) is 2.88. The number of rotatable bonds is 10. The zero-order valence-electron chi connectivity index (χ0n) is 22.7. The number of carbonyl (C=O) groups excluding carboxylic acids is 2. The summed E-state index contributed by atoms with van der Waals surface area (Å²) in [5.74, 6) is -0.941. The van der Waals surface area contributed by atoms with Gasteiger partial charge in [0.15, 0.2) is 0 Å². The van der Waals surface area contributed by atoms with E-state index in [0.717, 1.165) is 7.88 Å². The topological polar surface area (TPSA) is 86.8 Å². The van der Waals surface area contributed by atoms with Crippen LogP contribution in [0.1, 0.15) is 39.7 Å². The molecular weight excluding hydrogens is 684 g/mol. The zero-order valence-corrected chi connectivity index (χ0v) is 27.2. The number of nitrogens with zero attached hydrogens (tertiary/aromatic N) is 2. The van der Waals surface area contributed by atoms with Gasteiger partial charge < -0.3 is 10.2 Å². The Balaban J connectivity index is 2.10. The van der Waals surface area contributed by atoms with E-state index in [0.29, 0.717) is 21.3 Å². The van der Waals surface area contributed by atoms with Crippen LogP contribution >= 0.6 is 45.8 Å². The Hall–Kier alpha value is -2.34. The van der Waals surface area contributed by atoms with E-state index in [1.165, 1.54) is 17.0 Å². The highest BCUT2D eigenvalue weighted by molar-refractivity contribution is 14.1. The summed E-state index contributed by atoms with van der Waals surface area (Å²) < 4.78 is 29.6. The van der Waals surface area contributed by atoms with Crippen LogP contribution in [0, 0.1) is 3.57 Å². The van der Waals surface area contributed by atoms with Crippen LogP contribution < -0.4 is 9.62 Å². The molecule has 0 aliphatic carbocycles. The third-order valence-corrected chi connectivity index (χ3v) is 9.21. The van der Waals surface area contributed by atoms with Crippen molar-refractivity contribution in [2.75, 3.05) is 10.8 Å². The molecule has 1 unspecified atom stereocenters. The van der Waals surface area contributed by atoms with Gasteiger partial charge in [0.05, 0.1) is 10.6 Å². The summed E-state index contributed by atoms with van der Waals surface area (Å²) in [6, 6.07) is 18.8. The first-order valence-electron chi connectivity index (χ1n) is 12.6. The number of benzene rings is 3. The Labute approximate surface area is 260 Å². The molecule has 0 radical (unpaired) electrons. The first kappa shape index (κ1) is 32.2. The third-order valence-electron chi connectivity index (χ3n) is 6.00. The SMILES string of the molecule is CCC(C(=O)NC(C)(C)C)N(Cc1c(Cl)cccc1Cl)C(=O)CN(c1ccc(I)cc1)S(=O)(=O)c1ccccc1. The highest BCUT2D eigenvalue weighted by Crippen LogP contribution is 2.29. The molecule has 0 saturated heterocycles. The second-order valence-electron chi connectivity index (χ2n) is 10.2. The number of hydrogen-bond acceptors (Lipinski definition) is 4. The highest BCUT2D eigenvalue weighted by Gasteiger charge is 2.35. The Bertz CT molecular complexity index is 1430. The Morgan fingerprint density at radius 1 is 0.925 bits per heavy atom. The lowest BCUT2D eigenvalue weighted by atomic mass is 10.1. The Morgan fingerprint density at radius 2 is 1.50 bits per heavy atom. The second kappa shape index (κ2) is 13.5. The monoisotopic (exact) mass is 715 g/mol. The van der Waals surface area contributed by atoms with Crippen molar-refractivity contribution in [2.24, 2.45) is 0 Å². The Kier molecular flexibility index (Phi) is 10.9. The molecule has 0 bridgehead atoms. The lowest BCUT2D eigenvalue weighted by Gasteiger charge is -2.35. The minimum absolute atomic E-state index is 0.0413. The van der Waals surface area contributed by atoms with Crippen LogP contribution in [0.15, 0.2) is 77.7 Å². The fraction of sp³-hybridized carbons (Fsp3) is 0.310. The van der Waals surface area contributed by atoms with E-state index >= 15 is 0 Å². The zero-order chi connectivity index (χ0) is 29.7. The van der Waals surface area contributed by atoms with Crippen LogP contribution in [0.25, 0.3) is 0 Å². The molecule has 0 heterocycles. The predicted molar refractivity (Wildman–Crippen MR) is 169 cm³/mol. The molecule has 0 aliphatic rings. The van der Waals surface area contributed by atoms with E-state index in [2.05, 4.69) is 27.9 Å². The van der Waals surface area contributed by atoms with E-state index < -0.39 is 34.1 Å². The van der Waals surface area contributed by atoms with Crippen molar-refractivity contribution in [3.05, 3.63) is 92.0 Å². The lowest BCUT2D eigenvalue weighted by molar-refractivity contribution is -0.141. The molecule has 3 rings (SSSR count). The maximum Gasteiger partial charge on any atom is 0.264 e. The number of sulfonamides is 1. The number of carbonyl (C=O) groups is 2. The Morgan fingerprint density at radius 3 is 2.02 bits per heavy atom. The predicted octanol–water partition coefficient (Wildman–Crippen LogP) is 6.52. The van der Waals surface area contributed by atoms with Gasteiger partial charge in [-0.2, -0.15) is 0 Å². The fourth-order valence-electron chi connectivity index (χ4n) is 4.08. The first-order chi connectivity index (χ1) is 18.7. The summed E-state index contributed by atoms with van der Waals surface area (Å²) in [5.41, 5.74) is 0.235. The molecule has 1 N–H and O–H groups in total. The van der Waals surface area contributed by atoms with Gasteiger partial charge in [-0.1, -0.05) is 54.4 Å². The molecule has 40 heavy (non-hydrogen) atoms. The van der Waals surface area contributed by atoms with E-state index in [4.69, 9.17) is 23.2 Å². The minimum Gasteiger partial charge on any atom is -0.350 e. The van der Waals surface area contributed by atoms with Crippen molar-refractivity contribution in [1.29, 1.82) is 0 Å². The fourth-order valence-corrected chi connectivity index (χ4v) is 6.39. The largest absolute Gasteiger partial charge is 0.350 e. The summed E-state index contributed by atoms with van der Waals surface area (Å²) in [5, 5.41) is 3.61. The quantitative estimate of drug-likeness (QED) is 0.243. The maximum atomic E-state index is 14.1. The smallest absolute Gasteiger partial charge is 0.264 e. The molecule has 0 aliphatic heterocycles. The molecule has 1 atom stereocenters. The summed E-state index contributed by atoms with van der Waals surface area (Å²) in [4.78, 5) is 28.9. The van der Waals surface area contributed by atoms with Crippen LogP contribution in [0.3, 0.4) is 0 Å². The van der Waals surface area contributed by atoms with Gasteiger partial charge in [0.25, 0.3) is 10.0 Å². The van der Waals surface area contributed by atoms with Crippen LogP contribution in [0.4, 0.5) is 5.69 Å². The van der Waals surface area contributed by atoms with E-state index in [-0.39, 0.29) is 23.8 Å².